The van der Waals surface area contributed by atoms with E-state index in [4.69, 9.17) is 0 Å². The minimum absolute atomic E-state index is 0.182. The summed E-state index contributed by atoms with van der Waals surface area (Å²) >= 11 is 1.60. The molecular formula is C15H10F2N2S. The second kappa shape index (κ2) is 4.31. The van der Waals surface area contributed by atoms with Gasteiger partial charge in [0.1, 0.15) is 22.8 Å². The summed E-state index contributed by atoms with van der Waals surface area (Å²) in [7, 11) is 0. The first-order chi connectivity index (χ1) is 9.74. The summed E-state index contributed by atoms with van der Waals surface area (Å²) in [5.41, 5.74) is 2.40. The molecule has 3 aromatic rings. The van der Waals surface area contributed by atoms with Gasteiger partial charge in [0.05, 0.1) is 16.8 Å². The Labute approximate surface area is 118 Å². The van der Waals surface area contributed by atoms with Crippen LogP contribution in [0.5, 0.6) is 0 Å². The van der Waals surface area contributed by atoms with Crippen LogP contribution in [0, 0.1) is 11.6 Å². The largest absolute Gasteiger partial charge is 0.310 e. The number of aromatic nitrogens is 2. The fourth-order valence-electron chi connectivity index (χ4n) is 2.62. The van der Waals surface area contributed by atoms with Gasteiger partial charge in [0.25, 0.3) is 0 Å². The molecule has 0 N–H and O–H groups in total. The van der Waals surface area contributed by atoms with Crippen LogP contribution in [0.15, 0.2) is 42.5 Å². The molecule has 0 saturated heterocycles. The van der Waals surface area contributed by atoms with Gasteiger partial charge < -0.3 is 4.57 Å². The van der Waals surface area contributed by atoms with Gasteiger partial charge in [0, 0.05) is 11.6 Å². The van der Waals surface area contributed by atoms with Crippen LogP contribution in [-0.2, 0) is 5.75 Å². The summed E-state index contributed by atoms with van der Waals surface area (Å²) < 4.78 is 29.1. The van der Waals surface area contributed by atoms with Gasteiger partial charge in [0.2, 0.25) is 0 Å². The molecule has 0 spiro atoms. The highest BCUT2D eigenvalue weighted by Gasteiger charge is 2.29. The lowest BCUT2D eigenvalue weighted by atomic mass is 10.2. The molecule has 100 valence electrons. The van der Waals surface area contributed by atoms with Gasteiger partial charge in [-0.2, -0.15) is 0 Å². The molecule has 1 aromatic heterocycles. The molecule has 1 aliphatic rings. The monoisotopic (exact) mass is 288 g/mol. The van der Waals surface area contributed by atoms with Crippen LogP contribution < -0.4 is 0 Å². The third kappa shape index (κ3) is 1.66. The smallest absolute Gasteiger partial charge is 0.132 e. The molecule has 0 radical (unpaired) electrons. The van der Waals surface area contributed by atoms with Crippen molar-refractivity contribution in [2.45, 2.75) is 11.1 Å². The second-order valence-electron chi connectivity index (χ2n) is 4.72. The molecule has 5 heteroatoms. The molecule has 2 aromatic carbocycles. The second-order valence-corrected chi connectivity index (χ2v) is 5.78. The average Bonchev–Trinajstić information content (AvgIpc) is 2.98. The summed E-state index contributed by atoms with van der Waals surface area (Å²) in [5.74, 6) is 0.610. The van der Waals surface area contributed by atoms with Crippen molar-refractivity contribution < 1.29 is 8.78 Å². The lowest BCUT2D eigenvalue weighted by molar-refractivity contribution is 0.566. The fraction of sp³-hybridized carbons (Fsp3) is 0.133. The van der Waals surface area contributed by atoms with Crippen LogP contribution in [0.4, 0.5) is 8.78 Å². The minimum Gasteiger partial charge on any atom is -0.310 e. The van der Waals surface area contributed by atoms with Gasteiger partial charge in [-0.3, -0.25) is 0 Å². The molecule has 1 aliphatic heterocycles. The Morgan fingerprint density at radius 3 is 2.85 bits per heavy atom. The molecule has 0 aliphatic carbocycles. The predicted molar refractivity (Wildman–Crippen MR) is 75.5 cm³/mol. The Hall–Kier alpha value is -1.88. The van der Waals surface area contributed by atoms with Gasteiger partial charge >= 0.3 is 0 Å². The van der Waals surface area contributed by atoms with Crippen molar-refractivity contribution in [3.63, 3.8) is 0 Å². The minimum atomic E-state index is -0.551. The number of benzene rings is 2. The normalized spacial score (nSPS) is 17.6. The number of hydrogen-bond acceptors (Lipinski definition) is 2. The summed E-state index contributed by atoms with van der Waals surface area (Å²) in [5, 5.41) is -0.182. The Morgan fingerprint density at radius 1 is 1.15 bits per heavy atom. The number of imidazole rings is 1. The van der Waals surface area contributed by atoms with Gasteiger partial charge in [-0.15, -0.1) is 11.8 Å². The Kier molecular flexibility index (Phi) is 2.57. The topological polar surface area (TPSA) is 17.8 Å². The van der Waals surface area contributed by atoms with E-state index in [0.29, 0.717) is 5.56 Å². The number of thioether (sulfide) groups is 1. The third-order valence-corrected chi connectivity index (χ3v) is 4.71. The van der Waals surface area contributed by atoms with Crippen molar-refractivity contribution in [1.29, 1.82) is 0 Å². The lowest BCUT2D eigenvalue weighted by Crippen LogP contribution is -2.05. The van der Waals surface area contributed by atoms with Crippen molar-refractivity contribution in [2.75, 3.05) is 0 Å². The van der Waals surface area contributed by atoms with Crippen LogP contribution in [0.1, 0.15) is 16.8 Å². The number of rotatable bonds is 1. The molecule has 2 nitrogen and oxygen atoms in total. The zero-order valence-electron chi connectivity index (χ0n) is 10.4. The van der Waals surface area contributed by atoms with E-state index in [1.165, 1.54) is 12.1 Å². The highest BCUT2D eigenvalue weighted by molar-refractivity contribution is 7.99. The van der Waals surface area contributed by atoms with Crippen LogP contribution in [0.2, 0.25) is 0 Å². The maximum absolute atomic E-state index is 14.0. The molecule has 4 rings (SSSR count). The van der Waals surface area contributed by atoms with Crippen LogP contribution >= 0.6 is 11.8 Å². The molecule has 20 heavy (non-hydrogen) atoms. The van der Waals surface area contributed by atoms with E-state index in [1.54, 1.807) is 11.8 Å². The Balaban J connectivity index is 1.91. The highest BCUT2D eigenvalue weighted by atomic mass is 32.2. The molecule has 2 heterocycles. The number of hydrogen-bond donors (Lipinski definition) is 0. The van der Waals surface area contributed by atoms with Crippen molar-refractivity contribution in [3.8, 4) is 0 Å². The average molecular weight is 288 g/mol. The van der Waals surface area contributed by atoms with Crippen molar-refractivity contribution in [3.05, 3.63) is 65.5 Å². The van der Waals surface area contributed by atoms with Gasteiger partial charge in [-0.1, -0.05) is 18.2 Å². The predicted octanol–water partition coefficient (Wildman–Crippen LogP) is 4.11. The Bertz CT molecular complexity index is 813. The first kappa shape index (κ1) is 11.9. The van der Waals surface area contributed by atoms with E-state index >= 15 is 0 Å². The molecule has 0 saturated carbocycles. The van der Waals surface area contributed by atoms with Gasteiger partial charge in [0.15, 0.2) is 0 Å². The van der Waals surface area contributed by atoms with E-state index in [0.717, 1.165) is 28.7 Å². The molecular weight excluding hydrogens is 278 g/mol. The lowest BCUT2D eigenvalue weighted by Gasteiger charge is -2.14. The molecule has 1 atom stereocenters. The molecule has 0 amide bonds. The maximum Gasteiger partial charge on any atom is 0.132 e. The first-order valence-corrected chi connectivity index (χ1v) is 7.31. The summed E-state index contributed by atoms with van der Waals surface area (Å²) in [6, 6.07) is 11.6. The van der Waals surface area contributed by atoms with E-state index in [9.17, 15) is 8.78 Å². The number of nitrogens with zero attached hydrogens (tertiary/aromatic N) is 2. The first-order valence-electron chi connectivity index (χ1n) is 6.26. The fourth-order valence-corrected chi connectivity index (χ4v) is 3.88. The van der Waals surface area contributed by atoms with Gasteiger partial charge in [-0.05, 0) is 18.2 Å². The van der Waals surface area contributed by atoms with Crippen molar-refractivity contribution >= 4 is 22.8 Å². The van der Waals surface area contributed by atoms with E-state index in [1.807, 2.05) is 28.8 Å². The van der Waals surface area contributed by atoms with E-state index in [2.05, 4.69) is 4.98 Å². The highest BCUT2D eigenvalue weighted by Crippen LogP contribution is 2.43. The summed E-state index contributed by atoms with van der Waals surface area (Å²) in [6.45, 7) is 0. The van der Waals surface area contributed by atoms with Crippen LogP contribution in [0.3, 0.4) is 0 Å². The molecule has 0 fully saturated rings. The quantitative estimate of drug-likeness (QED) is 0.670. The standard InChI is InChI=1S/C15H10F2N2S/c16-9-5-6-10(11(17)7-9)15-19-13-4-2-1-3-12(13)18-14(19)8-20-15/h1-7,15H,8H2/t15-/m1/s1. The zero-order chi connectivity index (χ0) is 13.7. The van der Waals surface area contributed by atoms with Gasteiger partial charge in [-0.25, -0.2) is 13.8 Å². The molecule has 0 unspecified atom stereocenters. The third-order valence-electron chi connectivity index (χ3n) is 3.50. The van der Waals surface area contributed by atoms with Crippen molar-refractivity contribution in [1.82, 2.24) is 9.55 Å². The van der Waals surface area contributed by atoms with E-state index in [-0.39, 0.29) is 5.37 Å². The number of halogens is 2. The van der Waals surface area contributed by atoms with Crippen molar-refractivity contribution in [2.24, 2.45) is 0 Å². The summed E-state index contributed by atoms with van der Waals surface area (Å²) in [4.78, 5) is 4.56. The van der Waals surface area contributed by atoms with E-state index < -0.39 is 11.6 Å². The molecule has 0 bridgehead atoms. The Morgan fingerprint density at radius 2 is 2.00 bits per heavy atom. The maximum atomic E-state index is 14.0. The number of fused-ring (bicyclic) bond motifs is 3. The SMILES string of the molecule is Fc1ccc([C@H]2SCc3nc4ccccc4n32)c(F)c1. The summed E-state index contributed by atoms with van der Waals surface area (Å²) in [6.07, 6.45) is 0. The zero-order valence-corrected chi connectivity index (χ0v) is 11.2. The van der Waals surface area contributed by atoms with Crippen LogP contribution in [0.25, 0.3) is 11.0 Å². The van der Waals surface area contributed by atoms with Crippen LogP contribution in [-0.4, -0.2) is 9.55 Å². The number of para-hydroxylation sites is 2.